The fourth-order valence-electron chi connectivity index (χ4n) is 1.57. The number of ether oxygens (including phenoxy) is 1. The van der Waals surface area contributed by atoms with Crippen molar-refractivity contribution in [3.63, 3.8) is 0 Å². The zero-order valence-corrected chi connectivity index (χ0v) is 11.6. The molecule has 5 heteroatoms. The maximum Gasteiger partial charge on any atom is 0.175 e. The summed E-state index contributed by atoms with van der Waals surface area (Å²) >= 11 is 5.25. The van der Waals surface area contributed by atoms with Crippen LogP contribution in [-0.2, 0) is 0 Å². The minimum Gasteiger partial charge on any atom is -0.495 e. The Kier molecular flexibility index (Phi) is 4.30. The third-order valence-electron chi connectivity index (χ3n) is 2.52. The molecule has 1 aromatic carbocycles. The number of hydrogen-bond donors (Lipinski definition) is 2. The Morgan fingerprint density at radius 1 is 1.16 bits per heavy atom. The molecule has 2 rings (SSSR count). The van der Waals surface area contributed by atoms with Crippen LogP contribution < -0.4 is 15.4 Å². The van der Waals surface area contributed by atoms with E-state index in [-0.39, 0.29) is 0 Å². The van der Waals surface area contributed by atoms with Crippen molar-refractivity contribution in [2.24, 2.45) is 0 Å². The summed E-state index contributed by atoms with van der Waals surface area (Å²) in [4.78, 5) is 4.20. The van der Waals surface area contributed by atoms with Crippen LogP contribution in [0.4, 0.5) is 11.4 Å². The molecule has 0 unspecified atom stereocenters. The molecule has 0 saturated carbocycles. The molecule has 0 aliphatic carbocycles. The second-order valence-corrected chi connectivity index (χ2v) is 4.38. The van der Waals surface area contributed by atoms with Crippen molar-refractivity contribution in [1.82, 2.24) is 4.98 Å². The monoisotopic (exact) mass is 273 g/mol. The molecule has 0 aliphatic heterocycles. The van der Waals surface area contributed by atoms with Crippen molar-refractivity contribution in [2.75, 3.05) is 17.7 Å². The van der Waals surface area contributed by atoms with Crippen molar-refractivity contribution < 1.29 is 4.74 Å². The maximum absolute atomic E-state index is 5.25. The van der Waals surface area contributed by atoms with Crippen LogP contribution in [0, 0.1) is 6.92 Å². The van der Waals surface area contributed by atoms with Crippen molar-refractivity contribution >= 4 is 28.7 Å². The van der Waals surface area contributed by atoms with Gasteiger partial charge in [-0.2, -0.15) is 0 Å². The number of methoxy groups -OCH3 is 1. The van der Waals surface area contributed by atoms with Gasteiger partial charge in [-0.05, 0) is 43.4 Å². The van der Waals surface area contributed by atoms with Crippen molar-refractivity contribution in [1.29, 1.82) is 0 Å². The van der Waals surface area contributed by atoms with Crippen molar-refractivity contribution in [2.45, 2.75) is 6.92 Å². The van der Waals surface area contributed by atoms with Gasteiger partial charge in [-0.15, -0.1) is 0 Å². The van der Waals surface area contributed by atoms with Gasteiger partial charge in [0.05, 0.1) is 24.7 Å². The molecule has 1 aromatic heterocycles. The van der Waals surface area contributed by atoms with Gasteiger partial charge in [0.2, 0.25) is 0 Å². The summed E-state index contributed by atoms with van der Waals surface area (Å²) in [6.07, 6.45) is 1.74. The quantitative estimate of drug-likeness (QED) is 0.841. The molecule has 4 nitrogen and oxygen atoms in total. The Bertz CT molecular complexity index is 569. The highest BCUT2D eigenvalue weighted by atomic mass is 32.1. The summed E-state index contributed by atoms with van der Waals surface area (Å²) in [6, 6.07) is 11.5. The van der Waals surface area contributed by atoms with E-state index in [0.29, 0.717) is 5.11 Å². The Hall–Kier alpha value is -2.14. The number of pyridine rings is 1. The molecule has 0 bridgehead atoms. The number of aromatic nitrogens is 1. The number of hydrogen-bond acceptors (Lipinski definition) is 3. The number of nitrogens with one attached hydrogen (secondary N) is 2. The SMILES string of the molecule is COc1ccccc1NC(=S)Nc1ccc(C)nc1. The third-order valence-corrected chi connectivity index (χ3v) is 2.73. The number of benzene rings is 1. The standard InChI is InChI=1S/C14H15N3OS/c1-10-7-8-11(9-15-10)16-14(19)17-12-5-3-4-6-13(12)18-2/h3-9H,1-2H3,(H2,16,17,19). The van der Waals surface area contributed by atoms with Crippen LogP contribution in [0.1, 0.15) is 5.69 Å². The molecule has 98 valence electrons. The van der Waals surface area contributed by atoms with Gasteiger partial charge >= 0.3 is 0 Å². The number of thiocarbonyl (C=S) groups is 1. The van der Waals surface area contributed by atoms with E-state index in [1.165, 1.54) is 0 Å². The van der Waals surface area contributed by atoms with Gasteiger partial charge in [-0.3, -0.25) is 4.98 Å². The fourth-order valence-corrected chi connectivity index (χ4v) is 1.80. The fraction of sp³-hybridized carbons (Fsp3) is 0.143. The van der Waals surface area contributed by atoms with Crippen molar-refractivity contribution in [3.8, 4) is 5.75 Å². The van der Waals surface area contributed by atoms with E-state index in [2.05, 4.69) is 15.6 Å². The van der Waals surface area contributed by atoms with Crippen LogP contribution in [0.2, 0.25) is 0 Å². The molecular weight excluding hydrogens is 258 g/mol. The summed E-state index contributed by atoms with van der Waals surface area (Å²) in [6.45, 7) is 1.94. The molecular formula is C14H15N3OS. The van der Waals surface area contributed by atoms with Gasteiger partial charge in [0.25, 0.3) is 0 Å². The molecule has 0 fully saturated rings. The summed E-state index contributed by atoms with van der Waals surface area (Å²) in [5, 5.41) is 6.66. The first-order valence-electron chi connectivity index (χ1n) is 5.83. The zero-order chi connectivity index (χ0) is 13.7. The Morgan fingerprint density at radius 3 is 2.63 bits per heavy atom. The normalized spacial score (nSPS) is 9.79. The first-order chi connectivity index (χ1) is 9.19. The van der Waals surface area contributed by atoms with Crippen LogP contribution in [0.25, 0.3) is 0 Å². The zero-order valence-electron chi connectivity index (χ0n) is 10.8. The van der Waals surface area contributed by atoms with Gasteiger partial charge in [-0.25, -0.2) is 0 Å². The van der Waals surface area contributed by atoms with E-state index >= 15 is 0 Å². The van der Waals surface area contributed by atoms with E-state index in [1.807, 2.05) is 43.3 Å². The van der Waals surface area contributed by atoms with E-state index in [4.69, 9.17) is 17.0 Å². The van der Waals surface area contributed by atoms with E-state index in [1.54, 1.807) is 13.3 Å². The van der Waals surface area contributed by atoms with Gasteiger partial charge in [-0.1, -0.05) is 12.1 Å². The molecule has 1 heterocycles. The predicted octanol–water partition coefficient (Wildman–Crippen LogP) is 3.21. The number of rotatable bonds is 3. The second-order valence-electron chi connectivity index (χ2n) is 3.97. The molecule has 0 saturated heterocycles. The van der Waals surface area contributed by atoms with Gasteiger partial charge < -0.3 is 15.4 Å². The molecule has 2 N–H and O–H groups in total. The summed E-state index contributed by atoms with van der Waals surface area (Å²) in [5.41, 5.74) is 2.63. The topological polar surface area (TPSA) is 46.2 Å². The molecule has 0 spiro atoms. The lowest BCUT2D eigenvalue weighted by Crippen LogP contribution is -2.19. The van der Waals surface area contributed by atoms with Crippen LogP contribution in [0.5, 0.6) is 5.75 Å². The highest BCUT2D eigenvalue weighted by Gasteiger charge is 2.04. The first kappa shape index (κ1) is 13.3. The Balaban J connectivity index is 2.03. The van der Waals surface area contributed by atoms with Gasteiger partial charge in [0.1, 0.15) is 5.75 Å². The van der Waals surface area contributed by atoms with Crippen LogP contribution >= 0.6 is 12.2 Å². The highest BCUT2D eigenvalue weighted by Crippen LogP contribution is 2.23. The second kappa shape index (κ2) is 6.15. The molecule has 0 radical (unpaired) electrons. The lowest BCUT2D eigenvalue weighted by molar-refractivity contribution is 0.417. The maximum atomic E-state index is 5.25. The minimum absolute atomic E-state index is 0.496. The number of anilines is 2. The van der Waals surface area contributed by atoms with Gasteiger partial charge in [0.15, 0.2) is 5.11 Å². The Morgan fingerprint density at radius 2 is 1.95 bits per heavy atom. The van der Waals surface area contributed by atoms with Gasteiger partial charge in [0, 0.05) is 5.69 Å². The number of para-hydroxylation sites is 2. The summed E-state index contributed by atoms with van der Waals surface area (Å²) in [7, 11) is 1.63. The minimum atomic E-state index is 0.496. The third kappa shape index (κ3) is 3.66. The average Bonchev–Trinajstić information content (AvgIpc) is 2.42. The highest BCUT2D eigenvalue weighted by molar-refractivity contribution is 7.80. The van der Waals surface area contributed by atoms with E-state index in [0.717, 1.165) is 22.8 Å². The summed E-state index contributed by atoms with van der Waals surface area (Å²) < 4.78 is 5.25. The number of nitrogens with zero attached hydrogens (tertiary/aromatic N) is 1. The molecule has 0 aliphatic rings. The lowest BCUT2D eigenvalue weighted by Gasteiger charge is -2.13. The molecule has 0 atom stereocenters. The van der Waals surface area contributed by atoms with E-state index < -0.39 is 0 Å². The van der Waals surface area contributed by atoms with Crippen LogP contribution in [0.3, 0.4) is 0 Å². The molecule has 0 amide bonds. The number of aryl methyl sites for hydroxylation is 1. The summed E-state index contributed by atoms with van der Waals surface area (Å²) in [5.74, 6) is 0.744. The largest absolute Gasteiger partial charge is 0.495 e. The Labute approximate surface area is 117 Å². The van der Waals surface area contributed by atoms with E-state index in [9.17, 15) is 0 Å². The van der Waals surface area contributed by atoms with Crippen LogP contribution in [0.15, 0.2) is 42.6 Å². The molecule has 2 aromatic rings. The first-order valence-corrected chi connectivity index (χ1v) is 6.23. The molecule has 19 heavy (non-hydrogen) atoms. The predicted molar refractivity (Wildman–Crippen MR) is 81.8 cm³/mol. The van der Waals surface area contributed by atoms with Crippen LogP contribution in [-0.4, -0.2) is 17.2 Å². The smallest absolute Gasteiger partial charge is 0.175 e. The lowest BCUT2D eigenvalue weighted by atomic mass is 10.3. The average molecular weight is 273 g/mol. The van der Waals surface area contributed by atoms with Crippen molar-refractivity contribution in [3.05, 3.63) is 48.3 Å².